The zero-order valence-corrected chi connectivity index (χ0v) is 12.6. The SMILES string of the molecule is Cc1cc(CN2C=C(c3ccc(O)c(F)c3)C=NC2)ccc1F. The van der Waals surface area contributed by atoms with Crippen molar-refractivity contribution in [1.82, 2.24) is 4.90 Å². The third kappa shape index (κ3) is 3.39. The summed E-state index contributed by atoms with van der Waals surface area (Å²) in [6.07, 6.45) is 3.57. The van der Waals surface area contributed by atoms with E-state index in [1.807, 2.05) is 11.1 Å². The van der Waals surface area contributed by atoms with Gasteiger partial charge in [0.25, 0.3) is 0 Å². The molecule has 0 unspecified atom stereocenters. The standard InChI is InChI=1S/C18H16F2N2O/c1-12-6-13(2-4-16(12)19)9-22-10-15(8-21-11-22)14-3-5-18(23)17(20)7-14/h2-8,10,23H,9,11H2,1H3. The van der Waals surface area contributed by atoms with Crippen LogP contribution in [0.5, 0.6) is 5.75 Å². The minimum atomic E-state index is -0.664. The molecular formula is C18H16F2N2O. The highest BCUT2D eigenvalue weighted by Crippen LogP contribution is 2.23. The summed E-state index contributed by atoms with van der Waals surface area (Å²) in [6, 6.07) is 9.25. The van der Waals surface area contributed by atoms with Crippen LogP contribution in [0.1, 0.15) is 16.7 Å². The number of phenols is 1. The van der Waals surface area contributed by atoms with E-state index in [1.165, 1.54) is 18.2 Å². The third-order valence-corrected chi connectivity index (χ3v) is 3.70. The van der Waals surface area contributed by atoms with Gasteiger partial charge in [-0.15, -0.1) is 0 Å². The molecule has 5 heteroatoms. The molecule has 2 aromatic carbocycles. The van der Waals surface area contributed by atoms with Crippen molar-refractivity contribution < 1.29 is 13.9 Å². The topological polar surface area (TPSA) is 35.8 Å². The Kier molecular flexibility index (Phi) is 4.10. The number of aromatic hydroxyl groups is 1. The molecule has 1 heterocycles. The summed E-state index contributed by atoms with van der Waals surface area (Å²) >= 11 is 0. The summed E-state index contributed by atoms with van der Waals surface area (Å²) < 4.78 is 26.8. The van der Waals surface area contributed by atoms with Crippen molar-refractivity contribution >= 4 is 11.8 Å². The molecule has 0 aromatic heterocycles. The lowest BCUT2D eigenvalue weighted by molar-refractivity contribution is 0.381. The van der Waals surface area contributed by atoms with Crippen LogP contribution in [0, 0.1) is 18.6 Å². The molecule has 0 amide bonds. The van der Waals surface area contributed by atoms with Crippen LogP contribution in [0.15, 0.2) is 47.6 Å². The molecular weight excluding hydrogens is 298 g/mol. The minimum absolute atomic E-state index is 0.221. The number of hydrogen-bond acceptors (Lipinski definition) is 3. The molecule has 1 aliphatic heterocycles. The fourth-order valence-electron chi connectivity index (χ4n) is 2.49. The van der Waals surface area contributed by atoms with E-state index >= 15 is 0 Å². The Morgan fingerprint density at radius 3 is 2.70 bits per heavy atom. The maximum atomic E-state index is 13.5. The number of phenolic OH excluding ortho intramolecular Hbond substituents is 1. The van der Waals surface area contributed by atoms with E-state index < -0.39 is 5.82 Å². The van der Waals surface area contributed by atoms with Crippen molar-refractivity contribution in [1.29, 1.82) is 0 Å². The normalized spacial score (nSPS) is 14.0. The summed E-state index contributed by atoms with van der Waals surface area (Å²) in [7, 11) is 0. The second kappa shape index (κ2) is 6.20. The summed E-state index contributed by atoms with van der Waals surface area (Å²) in [4.78, 5) is 6.24. The molecule has 1 aliphatic rings. The molecule has 3 rings (SSSR count). The van der Waals surface area contributed by atoms with Gasteiger partial charge in [-0.2, -0.15) is 0 Å². The van der Waals surface area contributed by atoms with Crippen LogP contribution >= 0.6 is 0 Å². The van der Waals surface area contributed by atoms with E-state index in [0.717, 1.165) is 11.1 Å². The zero-order valence-electron chi connectivity index (χ0n) is 12.6. The van der Waals surface area contributed by atoms with Gasteiger partial charge in [0.05, 0.1) is 0 Å². The van der Waals surface area contributed by atoms with Crippen molar-refractivity contribution in [3.8, 4) is 5.75 Å². The molecule has 1 N–H and O–H groups in total. The second-order valence-electron chi connectivity index (χ2n) is 5.53. The molecule has 0 fully saturated rings. The number of allylic oxidation sites excluding steroid dienone is 1. The first-order chi connectivity index (χ1) is 11.0. The Hall–Kier alpha value is -2.69. The molecule has 0 spiro atoms. The van der Waals surface area contributed by atoms with Gasteiger partial charge >= 0.3 is 0 Å². The van der Waals surface area contributed by atoms with Gasteiger partial charge in [-0.3, -0.25) is 4.99 Å². The van der Waals surface area contributed by atoms with Crippen LogP contribution in [0.25, 0.3) is 5.57 Å². The largest absolute Gasteiger partial charge is 0.505 e. The van der Waals surface area contributed by atoms with Crippen LogP contribution in [-0.2, 0) is 6.54 Å². The predicted octanol–water partition coefficient (Wildman–Crippen LogP) is 3.86. The van der Waals surface area contributed by atoms with Gasteiger partial charge in [0.2, 0.25) is 0 Å². The van der Waals surface area contributed by atoms with Gasteiger partial charge in [-0.25, -0.2) is 8.78 Å². The number of halogens is 2. The lowest BCUT2D eigenvalue weighted by Gasteiger charge is -2.23. The molecule has 3 nitrogen and oxygen atoms in total. The lowest BCUT2D eigenvalue weighted by atomic mass is 10.1. The number of aryl methyl sites for hydroxylation is 1. The minimum Gasteiger partial charge on any atom is -0.505 e. The highest BCUT2D eigenvalue weighted by atomic mass is 19.1. The van der Waals surface area contributed by atoms with Gasteiger partial charge in [-0.1, -0.05) is 18.2 Å². The van der Waals surface area contributed by atoms with E-state index in [-0.39, 0.29) is 11.6 Å². The summed E-state index contributed by atoms with van der Waals surface area (Å²) in [5.74, 6) is -1.26. The van der Waals surface area contributed by atoms with Crippen molar-refractivity contribution in [2.45, 2.75) is 13.5 Å². The maximum Gasteiger partial charge on any atom is 0.165 e. The highest BCUT2D eigenvalue weighted by Gasteiger charge is 2.11. The van der Waals surface area contributed by atoms with Crippen LogP contribution in [0.2, 0.25) is 0 Å². The van der Waals surface area contributed by atoms with Gasteiger partial charge in [0.1, 0.15) is 12.5 Å². The Bertz CT molecular complexity index is 800. The van der Waals surface area contributed by atoms with Gasteiger partial charge in [-0.05, 0) is 41.8 Å². The van der Waals surface area contributed by atoms with E-state index in [4.69, 9.17) is 0 Å². The summed E-state index contributed by atoms with van der Waals surface area (Å²) in [5, 5.41) is 9.27. The van der Waals surface area contributed by atoms with Crippen LogP contribution in [0.3, 0.4) is 0 Å². The van der Waals surface area contributed by atoms with Gasteiger partial charge in [0.15, 0.2) is 11.6 Å². The van der Waals surface area contributed by atoms with Crippen LogP contribution < -0.4 is 0 Å². The molecule has 0 radical (unpaired) electrons. The second-order valence-corrected chi connectivity index (χ2v) is 5.53. The first-order valence-corrected chi connectivity index (χ1v) is 7.22. The van der Waals surface area contributed by atoms with Crippen LogP contribution in [-0.4, -0.2) is 22.9 Å². The highest BCUT2D eigenvalue weighted by molar-refractivity contribution is 6.10. The zero-order chi connectivity index (χ0) is 16.4. The molecule has 0 aliphatic carbocycles. The molecule has 0 saturated heterocycles. The number of hydrogen-bond donors (Lipinski definition) is 1. The number of aliphatic imine (C=N–C) groups is 1. The summed E-state index contributed by atoms with van der Waals surface area (Å²) in [6.45, 7) is 2.80. The van der Waals surface area contributed by atoms with Gasteiger partial charge in [0, 0.05) is 24.5 Å². The Labute approximate surface area is 133 Å². The molecule has 118 valence electrons. The van der Waals surface area contributed by atoms with E-state index in [1.54, 1.807) is 31.3 Å². The number of rotatable bonds is 3. The maximum absolute atomic E-state index is 13.5. The smallest absolute Gasteiger partial charge is 0.165 e. The van der Waals surface area contributed by atoms with Crippen molar-refractivity contribution in [2.24, 2.45) is 4.99 Å². The fraction of sp³-hybridized carbons (Fsp3) is 0.167. The first-order valence-electron chi connectivity index (χ1n) is 7.22. The van der Waals surface area contributed by atoms with Crippen molar-refractivity contribution in [2.75, 3.05) is 6.67 Å². The monoisotopic (exact) mass is 314 g/mol. The van der Waals surface area contributed by atoms with Crippen molar-refractivity contribution in [3.05, 3.63) is 70.9 Å². The Morgan fingerprint density at radius 1 is 1.13 bits per heavy atom. The quantitative estimate of drug-likeness (QED) is 0.933. The van der Waals surface area contributed by atoms with E-state index in [2.05, 4.69) is 4.99 Å². The van der Waals surface area contributed by atoms with Crippen LogP contribution in [0.4, 0.5) is 8.78 Å². The van der Waals surface area contributed by atoms with Crippen molar-refractivity contribution in [3.63, 3.8) is 0 Å². The molecule has 23 heavy (non-hydrogen) atoms. The molecule has 0 atom stereocenters. The van der Waals surface area contributed by atoms with E-state index in [0.29, 0.717) is 24.3 Å². The Morgan fingerprint density at radius 2 is 1.96 bits per heavy atom. The lowest BCUT2D eigenvalue weighted by Crippen LogP contribution is -2.20. The molecule has 0 saturated carbocycles. The van der Waals surface area contributed by atoms with E-state index in [9.17, 15) is 13.9 Å². The average molecular weight is 314 g/mol. The van der Waals surface area contributed by atoms with Gasteiger partial charge < -0.3 is 10.0 Å². The molecule has 2 aromatic rings. The summed E-state index contributed by atoms with van der Waals surface area (Å²) in [5.41, 5.74) is 2.99. The number of benzene rings is 2. The first kappa shape index (κ1) is 15.2. The third-order valence-electron chi connectivity index (χ3n) is 3.70. The predicted molar refractivity (Wildman–Crippen MR) is 86.1 cm³/mol. The number of nitrogens with zero attached hydrogens (tertiary/aromatic N) is 2. The molecule has 0 bridgehead atoms. The fourth-order valence-corrected chi connectivity index (χ4v) is 2.49. The average Bonchev–Trinajstić information content (AvgIpc) is 2.54. The Balaban J connectivity index is 1.81.